The lowest BCUT2D eigenvalue weighted by Gasteiger charge is -2.59. The molecule has 9 heteroatoms. The molecule has 0 saturated heterocycles. The molecule has 10 atom stereocenters. The van der Waals surface area contributed by atoms with E-state index in [0.717, 1.165) is 30.7 Å². The molecule has 0 bridgehead atoms. The minimum absolute atomic E-state index is 0.0346. The summed E-state index contributed by atoms with van der Waals surface area (Å²) in [5, 5.41) is 5.05. The van der Waals surface area contributed by atoms with Gasteiger partial charge in [-0.3, -0.25) is 9.59 Å². The van der Waals surface area contributed by atoms with Crippen molar-refractivity contribution in [3.8, 4) is 0 Å². The zero-order chi connectivity index (χ0) is 38.9. The Kier molecular flexibility index (Phi) is 15.0. The van der Waals surface area contributed by atoms with Crippen molar-refractivity contribution in [1.29, 1.82) is 0 Å². The summed E-state index contributed by atoms with van der Waals surface area (Å²) in [6.45, 7) is 18.9. The van der Waals surface area contributed by atoms with E-state index in [4.69, 9.17) is 14.2 Å². The van der Waals surface area contributed by atoms with Gasteiger partial charge >= 0.3 is 18.0 Å². The quantitative estimate of drug-likeness (QED) is 0.118. The maximum Gasteiger partial charge on any atom is 0.407 e. The lowest BCUT2D eigenvalue weighted by molar-refractivity contribution is -0.161. The van der Waals surface area contributed by atoms with Crippen LogP contribution in [0.2, 0.25) is 0 Å². The van der Waals surface area contributed by atoms with Crippen molar-refractivity contribution in [1.82, 2.24) is 10.6 Å². The number of nitrogens with one attached hydrogen (secondary N) is 2. The van der Waals surface area contributed by atoms with E-state index in [0.29, 0.717) is 36.0 Å². The molecule has 296 valence electrons. The lowest BCUT2D eigenvalue weighted by atomic mass is 9.46. The zero-order valence-corrected chi connectivity index (χ0v) is 34.0. The van der Waals surface area contributed by atoms with Gasteiger partial charge in [0.2, 0.25) is 5.91 Å². The van der Waals surface area contributed by atoms with Gasteiger partial charge in [0.1, 0.15) is 31.4 Å². The van der Waals surface area contributed by atoms with Crippen LogP contribution in [0.3, 0.4) is 0 Å². The van der Waals surface area contributed by atoms with E-state index < -0.39 is 24.0 Å². The first-order valence-corrected chi connectivity index (χ1v) is 20.5. The summed E-state index contributed by atoms with van der Waals surface area (Å²) >= 11 is 0. The van der Waals surface area contributed by atoms with E-state index in [-0.39, 0.29) is 42.2 Å². The number of rotatable bonds is 13. The van der Waals surface area contributed by atoms with Crippen LogP contribution in [-0.4, -0.2) is 48.7 Å². The van der Waals surface area contributed by atoms with Crippen molar-refractivity contribution in [2.75, 3.05) is 6.54 Å². The summed E-state index contributed by atoms with van der Waals surface area (Å²) < 4.78 is 17.3. The number of fused-ring (bicyclic) bond motifs is 5. The molecule has 2 N–H and O–H groups in total. The van der Waals surface area contributed by atoms with Crippen LogP contribution in [0.15, 0.2) is 42.0 Å². The van der Waals surface area contributed by atoms with Gasteiger partial charge in [-0.1, -0.05) is 104 Å². The van der Waals surface area contributed by atoms with Crippen molar-refractivity contribution in [3.05, 3.63) is 47.5 Å². The second kappa shape index (κ2) is 18.8. The summed E-state index contributed by atoms with van der Waals surface area (Å²) in [5.74, 6) is 2.11. The smallest absolute Gasteiger partial charge is 0.407 e. The molecule has 1 aromatic rings. The Morgan fingerprint density at radius 1 is 0.887 bits per heavy atom. The van der Waals surface area contributed by atoms with Crippen LogP contribution >= 0.6 is 0 Å². The number of alkyl carbamates (subject to hydrolysis) is 1. The minimum Gasteiger partial charge on any atom is -0.461 e. The maximum absolute atomic E-state index is 13.1. The van der Waals surface area contributed by atoms with Crippen LogP contribution in [0, 0.1) is 46.3 Å². The first-order valence-electron chi connectivity index (χ1n) is 20.5. The Hall–Kier alpha value is -3.36. The van der Waals surface area contributed by atoms with Gasteiger partial charge in [0.05, 0.1) is 0 Å². The SMILES string of the molecule is CC.CC(=O)OC1C=C2CC(OC(=O)C(C)NC(=O)CNC(=O)OCc3ccccc3)CCC2(C)C2CCC3(C)C(C(C)CCCC(C)C)CCC3C12. The van der Waals surface area contributed by atoms with Gasteiger partial charge in [0, 0.05) is 19.3 Å². The maximum atomic E-state index is 13.1. The van der Waals surface area contributed by atoms with Crippen LogP contribution in [0.1, 0.15) is 132 Å². The third-order valence-corrected chi connectivity index (χ3v) is 13.2. The number of carbonyl (C=O) groups is 4. The third kappa shape index (κ3) is 10.2. The second-order valence-corrected chi connectivity index (χ2v) is 17.0. The Morgan fingerprint density at radius 2 is 1.60 bits per heavy atom. The minimum atomic E-state index is -0.884. The van der Waals surface area contributed by atoms with Gasteiger partial charge in [-0.15, -0.1) is 0 Å². The largest absolute Gasteiger partial charge is 0.461 e. The molecule has 0 radical (unpaired) electrons. The molecule has 1 aromatic carbocycles. The van der Waals surface area contributed by atoms with Crippen LogP contribution in [0.25, 0.3) is 0 Å². The van der Waals surface area contributed by atoms with E-state index in [1.807, 2.05) is 44.2 Å². The Balaban J connectivity index is 0.00000308. The summed E-state index contributed by atoms with van der Waals surface area (Å²) in [4.78, 5) is 50.2. The van der Waals surface area contributed by atoms with Gasteiger partial charge in [0.25, 0.3) is 0 Å². The molecule has 0 aliphatic heterocycles. The third-order valence-electron chi connectivity index (χ3n) is 13.2. The molecule has 3 saturated carbocycles. The predicted molar refractivity (Wildman–Crippen MR) is 207 cm³/mol. The predicted octanol–water partition coefficient (Wildman–Crippen LogP) is 8.94. The number of hydrogen-bond acceptors (Lipinski definition) is 7. The average Bonchev–Trinajstić information content (AvgIpc) is 3.48. The number of hydrogen-bond donors (Lipinski definition) is 2. The summed E-state index contributed by atoms with van der Waals surface area (Å²) in [5.41, 5.74) is 2.29. The van der Waals surface area contributed by atoms with E-state index >= 15 is 0 Å². The van der Waals surface area contributed by atoms with Crippen LogP contribution < -0.4 is 10.6 Å². The van der Waals surface area contributed by atoms with Crippen molar-refractivity contribution in [2.24, 2.45) is 46.3 Å². The first kappa shape index (κ1) is 42.4. The van der Waals surface area contributed by atoms with Gasteiger partial charge in [-0.2, -0.15) is 0 Å². The molecule has 10 unspecified atom stereocenters. The molecule has 0 aromatic heterocycles. The highest BCUT2D eigenvalue weighted by Crippen LogP contribution is 2.67. The van der Waals surface area contributed by atoms with Crippen LogP contribution in [0.4, 0.5) is 4.79 Å². The highest BCUT2D eigenvalue weighted by Gasteiger charge is 2.62. The van der Waals surface area contributed by atoms with E-state index in [1.54, 1.807) is 6.92 Å². The normalized spacial score (nSPS) is 31.2. The summed E-state index contributed by atoms with van der Waals surface area (Å²) in [6, 6.07) is 8.37. The van der Waals surface area contributed by atoms with E-state index in [9.17, 15) is 19.2 Å². The molecule has 9 nitrogen and oxygen atoms in total. The van der Waals surface area contributed by atoms with E-state index in [2.05, 4.69) is 51.3 Å². The Morgan fingerprint density at radius 3 is 2.28 bits per heavy atom. The molecular formula is C44H68N2O7. The summed E-state index contributed by atoms with van der Waals surface area (Å²) in [6.07, 6.45) is 11.8. The molecular weight excluding hydrogens is 668 g/mol. The van der Waals surface area contributed by atoms with Gasteiger partial charge in [-0.25, -0.2) is 9.59 Å². The zero-order valence-electron chi connectivity index (χ0n) is 34.0. The fraction of sp³-hybridized carbons (Fsp3) is 0.727. The number of benzene rings is 1. The van der Waals surface area contributed by atoms with Crippen LogP contribution in [0.5, 0.6) is 0 Å². The number of amides is 2. The van der Waals surface area contributed by atoms with Gasteiger partial charge in [-0.05, 0) is 97.5 Å². The molecule has 4 aliphatic carbocycles. The first-order chi connectivity index (χ1) is 25.2. The van der Waals surface area contributed by atoms with Crippen molar-refractivity contribution in [3.63, 3.8) is 0 Å². The fourth-order valence-corrected chi connectivity index (χ4v) is 10.6. The molecule has 3 fully saturated rings. The molecule has 0 heterocycles. The average molecular weight is 737 g/mol. The van der Waals surface area contributed by atoms with Crippen molar-refractivity contribution < 1.29 is 33.4 Å². The molecule has 53 heavy (non-hydrogen) atoms. The Bertz CT molecular complexity index is 1430. The number of ether oxygens (including phenoxy) is 3. The highest BCUT2D eigenvalue weighted by molar-refractivity contribution is 5.87. The van der Waals surface area contributed by atoms with E-state index in [1.165, 1.54) is 51.0 Å². The highest BCUT2D eigenvalue weighted by atomic mass is 16.6. The molecule has 4 aliphatic rings. The van der Waals surface area contributed by atoms with Gasteiger partial charge in [0.15, 0.2) is 0 Å². The molecule has 5 rings (SSSR count). The Labute approximate surface area is 319 Å². The molecule has 0 spiro atoms. The monoisotopic (exact) mass is 737 g/mol. The molecule has 2 amide bonds. The van der Waals surface area contributed by atoms with Crippen molar-refractivity contribution >= 4 is 23.9 Å². The van der Waals surface area contributed by atoms with Crippen molar-refractivity contribution in [2.45, 2.75) is 151 Å². The second-order valence-electron chi connectivity index (χ2n) is 17.0. The van der Waals surface area contributed by atoms with Gasteiger partial charge < -0.3 is 24.8 Å². The fourth-order valence-electron chi connectivity index (χ4n) is 10.6. The van der Waals surface area contributed by atoms with Crippen LogP contribution in [-0.2, 0) is 35.2 Å². The number of esters is 2. The standard InChI is InChI=1S/C42H62N2O7.C2H6/c1-26(2)12-11-13-27(3)33-16-17-34-38-35(19-21-42(33,34)7)41(6)20-18-32(22-31(41)23-36(38)50-29(5)45)51-39(47)28(4)44-37(46)24-43-40(48)49-25-30-14-9-8-10-15-30;1-2/h8-10,14-15,23,26-28,32-36,38H,11-13,16-22,24-25H2,1-7H3,(H,43,48)(H,44,46);1-2H3. The summed E-state index contributed by atoms with van der Waals surface area (Å²) in [7, 11) is 0. The topological polar surface area (TPSA) is 120 Å². The lowest BCUT2D eigenvalue weighted by Crippen LogP contribution is -2.56. The number of carbonyl (C=O) groups excluding carboxylic acids is 4.